The number of hydrogen-bond acceptors (Lipinski definition) is 2. The molecule has 2 heterocycles. The third-order valence-electron chi connectivity index (χ3n) is 4.31. The summed E-state index contributed by atoms with van der Waals surface area (Å²) in [6.07, 6.45) is 6.61. The average Bonchev–Trinajstić information content (AvgIpc) is 2.96. The maximum absolute atomic E-state index is 11.3. The monoisotopic (exact) mass is 230 g/mol. The largest absolute Gasteiger partial charge is 0.364 e. The maximum atomic E-state index is 11.3. The zero-order valence-electron chi connectivity index (χ0n) is 9.97. The molecule has 3 rings (SSSR count). The lowest BCUT2D eigenvalue weighted by molar-refractivity contribution is -0.127. The van der Waals surface area contributed by atoms with Crippen molar-refractivity contribution >= 4 is 6.29 Å². The predicted octanol–water partition coefficient (Wildman–Crippen LogP) is 2.76. The first-order valence-electron chi connectivity index (χ1n) is 6.50. The van der Waals surface area contributed by atoms with E-state index in [1.165, 1.54) is 5.56 Å². The van der Waals surface area contributed by atoms with Crippen LogP contribution in [0, 0.1) is 5.92 Å². The minimum Gasteiger partial charge on any atom is -0.364 e. The minimum atomic E-state index is -0.431. The molecule has 0 N–H and O–H groups in total. The van der Waals surface area contributed by atoms with Crippen LogP contribution in [0.1, 0.15) is 31.2 Å². The van der Waals surface area contributed by atoms with Crippen LogP contribution in [-0.4, -0.2) is 18.0 Å². The Morgan fingerprint density at radius 3 is 2.88 bits per heavy atom. The molecule has 2 fully saturated rings. The summed E-state index contributed by atoms with van der Waals surface area (Å²) in [5.74, 6) is 0.430. The van der Waals surface area contributed by atoms with Gasteiger partial charge >= 0.3 is 0 Å². The summed E-state index contributed by atoms with van der Waals surface area (Å²) >= 11 is 0. The molecule has 1 aromatic rings. The van der Waals surface area contributed by atoms with E-state index in [-0.39, 0.29) is 0 Å². The molecule has 2 aliphatic rings. The second-order valence-corrected chi connectivity index (χ2v) is 5.31. The zero-order chi connectivity index (χ0) is 11.7. The van der Waals surface area contributed by atoms with Crippen LogP contribution in [0.4, 0.5) is 0 Å². The van der Waals surface area contributed by atoms with E-state index in [0.717, 1.165) is 38.4 Å². The lowest BCUT2D eigenvalue weighted by Gasteiger charge is -2.27. The van der Waals surface area contributed by atoms with Crippen molar-refractivity contribution in [2.24, 2.45) is 5.92 Å². The van der Waals surface area contributed by atoms with Gasteiger partial charge in [0.2, 0.25) is 0 Å². The van der Waals surface area contributed by atoms with E-state index in [2.05, 4.69) is 24.3 Å². The molecule has 2 bridgehead atoms. The molecular formula is C15H18O2. The lowest BCUT2D eigenvalue weighted by Crippen LogP contribution is -2.35. The van der Waals surface area contributed by atoms with Crippen molar-refractivity contribution in [1.29, 1.82) is 0 Å². The van der Waals surface area contributed by atoms with Crippen LogP contribution < -0.4 is 0 Å². The van der Waals surface area contributed by atoms with Crippen LogP contribution in [0.2, 0.25) is 0 Å². The molecule has 2 aliphatic heterocycles. The summed E-state index contributed by atoms with van der Waals surface area (Å²) in [5.41, 5.74) is 0.927. The van der Waals surface area contributed by atoms with Crippen LogP contribution in [0.15, 0.2) is 30.3 Å². The number of aryl methyl sites for hydroxylation is 1. The Hall–Kier alpha value is -1.15. The topological polar surface area (TPSA) is 26.3 Å². The van der Waals surface area contributed by atoms with Gasteiger partial charge in [-0.25, -0.2) is 0 Å². The number of hydrogen-bond donors (Lipinski definition) is 0. The van der Waals surface area contributed by atoms with Gasteiger partial charge in [-0.3, -0.25) is 0 Å². The van der Waals surface area contributed by atoms with E-state index < -0.39 is 5.60 Å². The van der Waals surface area contributed by atoms with Crippen molar-refractivity contribution < 1.29 is 9.53 Å². The van der Waals surface area contributed by atoms with Crippen molar-refractivity contribution in [2.75, 3.05) is 0 Å². The number of carbonyl (C=O) groups excluding carboxylic acids is 1. The molecular weight excluding hydrogens is 212 g/mol. The molecule has 2 saturated heterocycles. The highest BCUT2D eigenvalue weighted by Crippen LogP contribution is 2.48. The first-order valence-corrected chi connectivity index (χ1v) is 6.50. The first-order chi connectivity index (χ1) is 8.32. The molecule has 0 amide bonds. The third kappa shape index (κ3) is 1.91. The van der Waals surface area contributed by atoms with E-state index in [9.17, 15) is 4.79 Å². The summed E-state index contributed by atoms with van der Waals surface area (Å²) in [5, 5.41) is 0. The molecule has 2 nitrogen and oxygen atoms in total. The van der Waals surface area contributed by atoms with E-state index in [4.69, 9.17) is 4.74 Å². The number of fused-ring (bicyclic) bond motifs is 2. The van der Waals surface area contributed by atoms with Crippen molar-refractivity contribution in [3.8, 4) is 0 Å². The van der Waals surface area contributed by atoms with Gasteiger partial charge in [-0.15, -0.1) is 0 Å². The molecule has 0 spiro atoms. The molecule has 2 unspecified atom stereocenters. The predicted molar refractivity (Wildman–Crippen MR) is 65.8 cm³/mol. The number of carbonyl (C=O) groups is 1. The summed E-state index contributed by atoms with van der Waals surface area (Å²) in [6.45, 7) is 0. The SMILES string of the molecule is O=C[C@]12CCC(CC1CCc1ccccc1)O2. The minimum absolute atomic E-state index is 0.348. The highest BCUT2D eigenvalue weighted by Gasteiger charge is 2.52. The first kappa shape index (κ1) is 11.0. The quantitative estimate of drug-likeness (QED) is 0.743. The Morgan fingerprint density at radius 2 is 2.18 bits per heavy atom. The Kier molecular flexibility index (Phi) is 2.75. The molecule has 0 saturated carbocycles. The van der Waals surface area contributed by atoms with Crippen LogP contribution in [-0.2, 0) is 16.0 Å². The smallest absolute Gasteiger partial charge is 0.152 e. The summed E-state index contributed by atoms with van der Waals surface area (Å²) in [7, 11) is 0. The molecule has 90 valence electrons. The summed E-state index contributed by atoms with van der Waals surface area (Å²) in [4.78, 5) is 11.3. The van der Waals surface area contributed by atoms with Crippen molar-refractivity contribution in [3.63, 3.8) is 0 Å². The van der Waals surface area contributed by atoms with Gasteiger partial charge in [0.1, 0.15) is 5.60 Å². The highest BCUT2D eigenvalue weighted by molar-refractivity contribution is 5.64. The van der Waals surface area contributed by atoms with E-state index >= 15 is 0 Å². The molecule has 0 aromatic heterocycles. The van der Waals surface area contributed by atoms with Crippen LogP contribution >= 0.6 is 0 Å². The standard InChI is InChI=1S/C15H18O2/c16-11-15-9-8-14(17-15)10-13(15)7-6-12-4-2-1-3-5-12/h1-5,11,13-14H,6-10H2/t13?,14?,15-/m1/s1. The van der Waals surface area contributed by atoms with Gasteiger partial charge < -0.3 is 9.53 Å². The van der Waals surface area contributed by atoms with Crippen molar-refractivity contribution in [3.05, 3.63) is 35.9 Å². The van der Waals surface area contributed by atoms with Gasteiger partial charge in [0.15, 0.2) is 6.29 Å². The number of aldehydes is 1. The van der Waals surface area contributed by atoms with E-state index in [1.54, 1.807) is 0 Å². The zero-order valence-corrected chi connectivity index (χ0v) is 9.97. The van der Waals surface area contributed by atoms with Gasteiger partial charge in [0.05, 0.1) is 6.10 Å². The van der Waals surface area contributed by atoms with Crippen molar-refractivity contribution in [2.45, 2.75) is 43.8 Å². The normalized spacial score (nSPS) is 35.1. The molecule has 1 aromatic carbocycles. The molecule has 2 heteroatoms. The van der Waals surface area contributed by atoms with Gasteiger partial charge in [0.25, 0.3) is 0 Å². The van der Waals surface area contributed by atoms with Crippen LogP contribution in [0.3, 0.4) is 0 Å². The van der Waals surface area contributed by atoms with Crippen LogP contribution in [0.25, 0.3) is 0 Å². The third-order valence-corrected chi connectivity index (χ3v) is 4.31. The Bertz CT molecular complexity index is 401. The Balaban J connectivity index is 1.65. The second kappa shape index (κ2) is 4.26. The fourth-order valence-corrected chi connectivity index (χ4v) is 3.33. The fourth-order valence-electron chi connectivity index (χ4n) is 3.33. The number of benzene rings is 1. The lowest BCUT2D eigenvalue weighted by atomic mass is 9.76. The molecule has 0 aliphatic carbocycles. The molecule has 0 radical (unpaired) electrons. The average molecular weight is 230 g/mol. The number of rotatable bonds is 4. The molecule has 3 atom stereocenters. The second-order valence-electron chi connectivity index (χ2n) is 5.31. The Labute approximate surface area is 102 Å². The summed E-state index contributed by atoms with van der Waals surface area (Å²) in [6, 6.07) is 10.5. The Morgan fingerprint density at radius 1 is 1.35 bits per heavy atom. The maximum Gasteiger partial charge on any atom is 0.152 e. The van der Waals surface area contributed by atoms with E-state index in [1.807, 2.05) is 6.07 Å². The summed E-state index contributed by atoms with van der Waals surface area (Å²) < 4.78 is 5.84. The van der Waals surface area contributed by atoms with Gasteiger partial charge in [-0.1, -0.05) is 30.3 Å². The van der Waals surface area contributed by atoms with Crippen LogP contribution in [0.5, 0.6) is 0 Å². The van der Waals surface area contributed by atoms with Crippen molar-refractivity contribution in [1.82, 2.24) is 0 Å². The van der Waals surface area contributed by atoms with E-state index in [0.29, 0.717) is 12.0 Å². The highest BCUT2D eigenvalue weighted by atomic mass is 16.5. The fraction of sp³-hybridized carbons (Fsp3) is 0.533. The molecule has 17 heavy (non-hydrogen) atoms. The number of ether oxygens (including phenoxy) is 1. The van der Waals surface area contributed by atoms with Gasteiger partial charge in [0, 0.05) is 0 Å². The van der Waals surface area contributed by atoms with Gasteiger partial charge in [-0.05, 0) is 43.6 Å². The van der Waals surface area contributed by atoms with Gasteiger partial charge in [-0.2, -0.15) is 0 Å².